The largest absolute Gasteiger partial charge is 0.493 e. The topological polar surface area (TPSA) is 60.5 Å². The lowest BCUT2D eigenvalue weighted by Gasteiger charge is -2.15. The summed E-state index contributed by atoms with van der Waals surface area (Å²) in [6, 6.07) is 3.46. The number of benzene rings is 1. The summed E-state index contributed by atoms with van der Waals surface area (Å²) < 4.78 is 22.7. The lowest BCUT2D eigenvalue weighted by Crippen LogP contribution is -2.12. The Morgan fingerprint density at radius 3 is 2.83 bits per heavy atom. The van der Waals surface area contributed by atoms with Gasteiger partial charge in [-0.15, -0.1) is 0 Å². The number of pyridine rings is 1. The van der Waals surface area contributed by atoms with Gasteiger partial charge in [0.15, 0.2) is 5.75 Å². The van der Waals surface area contributed by atoms with Crippen LogP contribution in [0.3, 0.4) is 0 Å². The van der Waals surface area contributed by atoms with E-state index in [1.54, 1.807) is 19.1 Å². The fraction of sp³-hybridized carbons (Fsp3) is 0.412. The number of unbranched alkanes of at least 4 members (excludes halogenated alkanes) is 1. The average molecular weight is 355 g/mol. The van der Waals surface area contributed by atoms with E-state index in [-0.39, 0.29) is 13.3 Å². The Morgan fingerprint density at radius 2 is 2.17 bits per heavy atom. The van der Waals surface area contributed by atoms with Crippen LogP contribution in [-0.4, -0.2) is 37.9 Å². The summed E-state index contributed by atoms with van der Waals surface area (Å²) in [5, 5.41) is 4.33. The van der Waals surface area contributed by atoms with Gasteiger partial charge in [0.2, 0.25) is 0 Å². The molecule has 1 aromatic carbocycles. The predicted molar refractivity (Wildman–Crippen MR) is 93.0 cm³/mol. The van der Waals surface area contributed by atoms with Crippen molar-refractivity contribution >= 4 is 34.2 Å². The van der Waals surface area contributed by atoms with E-state index in [9.17, 15) is 9.18 Å². The van der Waals surface area contributed by atoms with Gasteiger partial charge in [-0.05, 0) is 31.9 Å². The number of carbonyl (C=O) groups excluding carboxylic acids is 1. The van der Waals surface area contributed by atoms with E-state index < -0.39 is 5.97 Å². The molecular formula is C17H20ClFN2O3. The lowest BCUT2D eigenvalue weighted by atomic mass is 10.1. The van der Waals surface area contributed by atoms with Crippen molar-refractivity contribution in [2.45, 2.75) is 19.8 Å². The van der Waals surface area contributed by atoms with Crippen molar-refractivity contribution in [2.75, 3.05) is 32.3 Å². The highest BCUT2D eigenvalue weighted by atomic mass is 35.5. The second-order valence-electron chi connectivity index (χ2n) is 5.07. The zero-order valence-electron chi connectivity index (χ0n) is 13.7. The summed E-state index contributed by atoms with van der Waals surface area (Å²) in [5.41, 5.74) is 1.47. The summed E-state index contributed by atoms with van der Waals surface area (Å²) in [6.07, 6.45) is 2.55. The number of rotatable bonds is 8. The van der Waals surface area contributed by atoms with Gasteiger partial charge >= 0.3 is 5.97 Å². The number of hydrogen-bond donors (Lipinski definition) is 1. The maximum absolute atomic E-state index is 12.3. The number of aromatic nitrogens is 1. The molecule has 2 rings (SSSR count). The number of hydrogen-bond acceptors (Lipinski definition) is 5. The van der Waals surface area contributed by atoms with Gasteiger partial charge in [-0.2, -0.15) is 0 Å². The van der Waals surface area contributed by atoms with Crippen molar-refractivity contribution in [2.24, 2.45) is 0 Å². The van der Waals surface area contributed by atoms with E-state index in [4.69, 9.17) is 21.1 Å². The standard InChI is InChI=1S/C17H20ClFN2O3/c1-3-24-17(22)12-10-21-15-11(6-7-13(18)16(15)23-2)14(12)20-9-5-4-8-19/h6-7,10H,3-5,8-9H2,1-2H3,(H,20,21). The Morgan fingerprint density at radius 1 is 1.38 bits per heavy atom. The van der Waals surface area contributed by atoms with Gasteiger partial charge in [-0.3, -0.25) is 9.37 Å². The predicted octanol–water partition coefficient (Wildman–Crippen LogP) is 4.24. The minimum Gasteiger partial charge on any atom is -0.493 e. The zero-order valence-corrected chi connectivity index (χ0v) is 14.5. The Bertz CT molecular complexity index is 725. The van der Waals surface area contributed by atoms with Crippen molar-refractivity contribution in [1.29, 1.82) is 0 Å². The number of halogens is 2. The zero-order chi connectivity index (χ0) is 17.5. The minimum absolute atomic E-state index is 0.266. The molecule has 0 aliphatic carbocycles. The molecule has 0 saturated carbocycles. The number of fused-ring (bicyclic) bond motifs is 1. The monoisotopic (exact) mass is 354 g/mol. The SMILES string of the molecule is CCOC(=O)c1cnc2c(OC)c(Cl)ccc2c1NCCCCF. The Balaban J connectivity index is 2.52. The molecule has 0 spiro atoms. The van der Waals surface area contributed by atoms with Crippen LogP contribution in [0.5, 0.6) is 5.75 Å². The molecule has 0 radical (unpaired) electrons. The van der Waals surface area contributed by atoms with Crippen molar-refractivity contribution in [1.82, 2.24) is 4.98 Å². The molecule has 0 unspecified atom stereocenters. The molecule has 0 saturated heterocycles. The summed E-state index contributed by atoms with van der Waals surface area (Å²) in [6.45, 7) is 2.17. The second-order valence-corrected chi connectivity index (χ2v) is 5.47. The van der Waals surface area contributed by atoms with Crippen LogP contribution in [0.2, 0.25) is 5.02 Å². The van der Waals surface area contributed by atoms with E-state index in [1.165, 1.54) is 13.3 Å². The summed E-state index contributed by atoms with van der Waals surface area (Å²) in [4.78, 5) is 16.5. The van der Waals surface area contributed by atoms with Crippen LogP contribution < -0.4 is 10.1 Å². The third-order valence-corrected chi connectivity index (χ3v) is 3.80. The third kappa shape index (κ3) is 3.87. The van der Waals surface area contributed by atoms with Gasteiger partial charge in [-0.1, -0.05) is 11.6 Å². The number of anilines is 1. The van der Waals surface area contributed by atoms with Crippen molar-refractivity contribution in [3.8, 4) is 5.75 Å². The van der Waals surface area contributed by atoms with E-state index in [0.29, 0.717) is 52.3 Å². The molecule has 5 nitrogen and oxygen atoms in total. The van der Waals surface area contributed by atoms with Gasteiger partial charge < -0.3 is 14.8 Å². The van der Waals surface area contributed by atoms with Crippen molar-refractivity contribution in [3.63, 3.8) is 0 Å². The Kier molecular flexibility index (Phi) is 6.61. The fourth-order valence-corrected chi connectivity index (χ4v) is 2.63. The highest BCUT2D eigenvalue weighted by molar-refractivity contribution is 6.33. The van der Waals surface area contributed by atoms with Crippen LogP contribution in [0.1, 0.15) is 30.1 Å². The molecule has 0 aliphatic rings. The van der Waals surface area contributed by atoms with E-state index in [0.717, 1.165) is 0 Å². The van der Waals surface area contributed by atoms with E-state index in [1.807, 2.05) is 0 Å². The third-order valence-electron chi connectivity index (χ3n) is 3.51. The first kappa shape index (κ1) is 18.3. The van der Waals surface area contributed by atoms with Gasteiger partial charge in [0, 0.05) is 18.1 Å². The number of alkyl halides is 1. The lowest BCUT2D eigenvalue weighted by molar-refractivity contribution is 0.0527. The molecule has 0 bridgehead atoms. The second kappa shape index (κ2) is 8.68. The molecule has 1 N–H and O–H groups in total. The van der Waals surface area contributed by atoms with Crippen LogP contribution in [-0.2, 0) is 4.74 Å². The number of ether oxygens (including phenoxy) is 2. The van der Waals surface area contributed by atoms with Gasteiger partial charge in [0.25, 0.3) is 0 Å². The molecule has 0 fully saturated rings. The molecule has 2 aromatic rings. The summed E-state index contributed by atoms with van der Waals surface area (Å²) in [7, 11) is 1.51. The van der Waals surface area contributed by atoms with Crippen LogP contribution in [0, 0.1) is 0 Å². The average Bonchev–Trinajstić information content (AvgIpc) is 2.58. The Labute approximate surface area is 145 Å². The van der Waals surface area contributed by atoms with Gasteiger partial charge in [0.1, 0.15) is 11.1 Å². The van der Waals surface area contributed by atoms with Crippen molar-refractivity contribution < 1.29 is 18.7 Å². The maximum atomic E-state index is 12.3. The van der Waals surface area contributed by atoms with Crippen LogP contribution in [0.15, 0.2) is 18.3 Å². The highest BCUT2D eigenvalue weighted by Crippen LogP contribution is 2.36. The van der Waals surface area contributed by atoms with Crippen molar-refractivity contribution in [3.05, 3.63) is 28.9 Å². The molecule has 0 atom stereocenters. The summed E-state index contributed by atoms with van der Waals surface area (Å²) >= 11 is 6.13. The number of carbonyl (C=O) groups is 1. The molecule has 130 valence electrons. The Hall–Kier alpha value is -2.08. The molecule has 7 heteroatoms. The maximum Gasteiger partial charge on any atom is 0.341 e. The quantitative estimate of drug-likeness (QED) is 0.567. The van der Waals surface area contributed by atoms with E-state index >= 15 is 0 Å². The number of methoxy groups -OCH3 is 1. The normalized spacial score (nSPS) is 10.7. The van der Waals surface area contributed by atoms with Gasteiger partial charge in [-0.25, -0.2) is 4.79 Å². The molecule has 24 heavy (non-hydrogen) atoms. The number of nitrogens with one attached hydrogen (secondary N) is 1. The summed E-state index contributed by atoms with van der Waals surface area (Å²) in [5.74, 6) is -0.0230. The number of nitrogens with zero attached hydrogens (tertiary/aromatic N) is 1. The molecule has 0 aliphatic heterocycles. The molecule has 1 heterocycles. The fourth-order valence-electron chi connectivity index (χ4n) is 2.40. The first-order chi connectivity index (χ1) is 11.6. The highest BCUT2D eigenvalue weighted by Gasteiger charge is 2.19. The first-order valence-electron chi connectivity index (χ1n) is 7.76. The minimum atomic E-state index is -0.464. The van der Waals surface area contributed by atoms with Crippen LogP contribution >= 0.6 is 11.6 Å². The van der Waals surface area contributed by atoms with Crippen LogP contribution in [0.25, 0.3) is 10.9 Å². The number of esters is 1. The van der Waals surface area contributed by atoms with E-state index in [2.05, 4.69) is 10.3 Å². The van der Waals surface area contributed by atoms with Crippen LogP contribution in [0.4, 0.5) is 10.1 Å². The molecular weight excluding hydrogens is 335 g/mol. The first-order valence-corrected chi connectivity index (χ1v) is 8.14. The molecule has 0 amide bonds. The van der Waals surface area contributed by atoms with Gasteiger partial charge in [0.05, 0.1) is 31.1 Å². The molecule has 1 aromatic heterocycles. The smallest absolute Gasteiger partial charge is 0.341 e.